The molecule has 0 radical (unpaired) electrons. The van der Waals surface area contributed by atoms with E-state index in [1.807, 2.05) is 0 Å². The summed E-state index contributed by atoms with van der Waals surface area (Å²) in [5.41, 5.74) is 10.8. The third-order valence-electron chi connectivity index (χ3n) is 6.41. The van der Waals surface area contributed by atoms with Crippen LogP contribution in [-0.4, -0.2) is 125 Å². The van der Waals surface area contributed by atoms with Gasteiger partial charge in [-0.1, -0.05) is 0 Å². The highest BCUT2D eigenvalue weighted by molar-refractivity contribution is 8.00. The molecule has 28 heteroatoms. The van der Waals surface area contributed by atoms with Crippen molar-refractivity contribution in [3.8, 4) is 0 Å². The standard InChI is InChI=1S/C19H30N5O10P.C8H10FN3O3S.C4H4O4/c1-12(2)33-18(25)28-9-31-35(27,32-10-29-19(26)34-13(3)4)11-30-14(5)6-24-8-23-15-16(20)21-7-22-17(15)24;9-4-1-12(8(14)11-7(4)10)5-3-16-6(2-13)15-5;5-3(6)1-2-4(7)8/h7-8,12-14H,6,9-11H2,1-5H3,(H2,20,21,22);1,5-6,13H,2-3H2,(H2,10,11,14);1-2H,(H,5,6)(H,7,8)/b;;2-1+/t14-;5-,6+;/m00./s1. The lowest BCUT2D eigenvalue weighted by Crippen LogP contribution is -2.29. The van der Waals surface area contributed by atoms with Crippen molar-refractivity contribution in [3.63, 3.8) is 0 Å². The maximum atomic E-state index is 13.1. The average molecular weight is 883 g/mol. The highest BCUT2D eigenvalue weighted by Gasteiger charge is 2.30. The summed E-state index contributed by atoms with van der Waals surface area (Å²) in [6.45, 7) is 6.83. The topological polar surface area (TPSA) is 350 Å². The Hall–Kier alpha value is -5.44. The first kappa shape index (κ1) is 49.7. The van der Waals surface area contributed by atoms with Gasteiger partial charge in [-0.3, -0.25) is 18.2 Å². The van der Waals surface area contributed by atoms with Crippen molar-refractivity contribution in [1.82, 2.24) is 29.1 Å². The molecule has 0 aromatic carbocycles. The van der Waals surface area contributed by atoms with Gasteiger partial charge in [0, 0.05) is 17.9 Å². The molecule has 7 N–H and O–H groups in total. The van der Waals surface area contributed by atoms with Gasteiger partial charge in [0.25, 0.3) is 0 Å². The predicted octanol–water partition coefficient (Wildman–Crippen LogP) is 2.29. The van der Waals surface area contributed by atoms with Crippen molar-refractivity contribution in [2.24, 2.45) is 0 Å². The van der Waals surface area contributed by atoms with Crippen LogP contribution in [0.3, 0.4) is 0 Å². The minimum Gasteiger partial charge on any atom is -0.478 e. The van der Waals surface area contributed by atoms with E-state index in [0.717, 1.165) is 10.8 Å². The third kappa shape index (κ3) is 18.4. The van der Waals surface area contributed by atoms with Crippen molar-refractivity contribution in [2.45, 2.75) is 71.1 Å². The van der Waals surface area contributed by atoms with Crippen LogP contribution in [0, 0.1) is 5.82 Å². The second kappa shape index (κ2) is 24.5. The number of hydrogen-bond acceptors (Lipinski definition) is 22. The van der Waals surface area contributed by atoms with Gasteiger partial charge in [-0.25, -0.2) is 43.3 Å². The number of halogens is 1. The number of nitrogens with zero attached hydrogens (tertiary/aromatic N) is 6. The minimum absolute atomic E-state index is 0.152. The lowest BCUT2D eigenvalue weighted by atomic mass is 10.4. The van der Waals surface area contributed by atoms with E-state index in [4.69, 9.17) is 64.3 Å². The Kier molecular flexibility index (Phi) is 20.6. The zero-order valence-corrected chi connectivity index (χ0v) is 33.9. The molecule has 0 bridgehead atoms. The van der Waals surface area contributed by atoms with Crippen molar-refractivity contribution < 1.29 is 80.9 Å². The molecule has 25 nitrogen and oxygen atoms in total. The van der Waals surface area contributed by atoms with E-state index >= 15 is 0 Å². The van der Waals surface area contributed by atoms with E-state index in [0.29, 0.717) is 29.1 Å². The van der Waals surface area contributed by atoms with Crippen molar-refractivity contribution >= 4 is 66.4 Å². The number of rotatable bonds is 17. The number of fused-ring (bicyclic) bond motifs is 1. The van der Waals surface area contributed by atoms with E-state index in [9.17, 15) is 32.9 Å². The van der Waals surface area contributed by atoms with Crippen molar-refractivity contribution in [3.05, 3.63) is 47.3 Å². The van der Waals surface area contributed by atoms with Crippen LogP contribution in [0.25, 0.3) is 11.2 Å². The number of thioether (sulfide) groups is 1. The Labute approximate surface area is 338 Å². The van der Waals surface area contributed by atoms with E-state index in [1.54, 1.807) is 39.2 Å². The van der Waals surface area contributed by atoms with Crippen LogP contribution in [0.1, 0.15) is 40.8 Å². The number of aliphatic hydroxyl groups is 1. The second-order valence-corrected chi connectivity index (χ2v) is 15.1. The summed E-state index contributed by atoms with van der Waals surface area (Å²) < 4.78 is 69.1. The highest BCUT2D eigenvalue weighted by atomic mass is 32.2. The van der Waals surface area contributed by atoms with Crippen LogP contribution < -0.4 is 17.2 Å². The molecule has 0 saturated carbocycles. The number of nitrogen functional groups attached to an aromatic ring is 2. The maximum Gasteiger partial charge on any atom is 0.510 e. The molecule has 0 spiro atoms. The smallest absolute Gasteiger partial charge is 0.478 e. The second-order valence-electron chi connectivity index (χ2n) is 11.9. The summed E-state index contributed by atoms with van der Waals surface area (Å²) >= 11 is 1.35. The van der Waals surface area contributed by atoms with Gasteiger partial charge in [0.1, 0.15) is 29.9 Å². The number of carbonyl (C=O) groups is 4. The zero-order chi connectivity index (χ0) is 44.3. The predicted molar refractivity (Wildman–Crippen MR) is 201 cm³/mol. The number of carboxylic acids is 2. The maximum absolute atomic E-state index is 13.1. The third-order valence-corrected chi connectivity index (χ3v) is 8.98. The number of aliphatic hydroxyl groups excluding tert-OH is 1. The molecule has 4 rings (SSSR count). The van der Waals surface area contributed by atoms with Gasteiger partial charge < -0.3 is 59.8 Å². The first-order valence-corrected chi connectivity index (χ1v) is 19.6. The lowest BCUT2D eigenvalue weighted by molar-refractivity contribution is -0.134. The molecule has 1 aliphatic rings. The molecule has 3 atom stereocenters. The molecule has 3 aromatic rings. The van der Waals surface area contributed by atoms with Gasteiger partial charge >= 0.3 is 37.5 Å². The van der Waals surface area contributed by atoms with Crippen LogP contribution in [0.5, 0.6) is 0 Å². The molecule has 1 saturated heterocycles. The van der Waals surface area contributed by atoms with E-state index in [2.05, 4.69) is 19.9 Å². The highest BCUT2D eigenvalue weighted by Crippen LogP contribution is 2.48. The van der Waals surface area contributed by atoms with Gasteiger partial charge in [0.05, 0.1) is 44.0 Å². The number of carbonyl (C=O) groups excluding carboxylic acids is 2. The quantitative estimate of drug-likeness (QED) is 0.0562. The number of carboxylic acid groups (broad SMARTS) is 2. The Morgan fingerprint density at radius 2 is 1.56 bits per heavy atom. The van der Waals surface area contributed by atoms with Crippen LogP contribution in [0.2, 0.25) is 0 Å². The number of aromatic nitrogens is 6. The van der Waals surface area contributed by atoms with E-state index < -0.39 is 99.1 Å². The van der Waals surface area contributed by atoms with Crippen LogP contribution in [0.4, 0.5) is 25.6 Å². The summed E-state index contributed by atoms with van der Waals surface area (Å²) in [4.78, 5) is 69.1. The van der Waals surface area contributed by atoms with Gasteiger partial charge in [-0.15, -0.1) is 11.8 Å². The average Bonchev–Trinajstić information content (AvgIpc) is 3.79. The first-order valence-electron chi connectivity index (χ1n) is 16.9. The number of anilines is 2. The van der Waals surface area contributed by atoms with E-state index in [1.165, 1.54) is 24.4 Å². The largest absolute Gasteiger partial charge is 0.510 e. The van der Waals surface area contributed by atoms with Gasteiger partial charge in [0.2, 0.25) is 13.6 Å². The monoisotopic (exact) mass is 882 g/mol. The zero-order valence-electron chi connectivity index (χ0n) is 32.1. The Bertz CT molecular complexity index is 1950. The molecule has 59 heavy (non-hydrogen) atoms. The Morgan fingerprint density at radius 1 is 0.983 bits per heavy atom. The fourth-order valence-electron chi connectivity index (χ4n) is 3.95. The molecule has 0 aliphatic carbocycles. The van der Waals surface area contributed by atoms with Crippen molar-refractivity contribution in [2.75, 3.05) is 43.8 Å². The molecule has 0 amide bonds. The molecular weight excluding hydrogens is 838 g/mol. The van der Waals surface area contributed by atoms with Gasteiger partial charge in [-0.2, -0.15) is 4.98 Å². The molecule has 4 heterocycles. The van der Waals surface area contributed by atoms with Crippen LogP contribution in [-0.2, 0) is 58.2 Å². The van der Waals surface area contributed by atoms with Gasteiger partial charge in [-0.05, 0) is 34.6 Å². The molecule has 1 aliphatic heterocycles. The van der Waals surface area contributed by atoms with Gasteiger partial charge in [0.15, 0.2) is 23.1 Å². The fourth-order valence-corrected chi connectivity index (χ4v) is 5.96. The normalized spacial score (nSPS) is 15.5. The van der Waals surface area contributed by atoms with Crippen molar-refractivity contribution in [1.29, 1.82) is 0 Å². The summed E-state index contributed by atoms with van der Waals surface area (Å²) in [6.07, 6.45) is 0.335. The number of aliphatic carboxylic acids is 2. The number of ether oxygens (including phenoxy) is 6. The SMILES string of the molecule is CC(C)OC(=O)OCOP(=O)(CO[C@@H](C)Cn1cnc2c(N)ncnc21)OCOC(=O)OC(C)C.Nc1nc(=O)n([C@@H]2CS[C@H](CO)O2)cc1F.O=C(O)/C=C/C(=O)O. The number of nitrogens with two attached hydrogens (primary N) is 2. The number of imidazole rings is 1. The summed E-state index contributed by atoms with van der Waals surface area (Å²) in [7, 11) is -4.06. The van der Waals surface area contributed by atoms with Crippen LogP contribution >= 0.6 is 19.4 Å². The van der Waals surface area contributed by atoms with E-state index in [-0.39, 0.29) is 19.0 Å². The molecule has 3 aromatic heterocycles. The Morgan fingerprint density at radius 3 is 2.07 bits per heavy atom. The summed E-state index contributed by atoms with van der Waals surface area (Å²) in [6, 6.07) is 0. The molecular formula is C31H44FN8O17PS. The summed E-state index contributed by atoms with van der Waals surface area (Å²) in [5.74, 6) is -3.01. The number of hydrogen-bond donors (Lipinski definition) is 5. The molecule has 328 valence electrons. The summed E-state index contributed by atoms with van der Waals surface area (Å²) in [5, 5.41) is 24.5. The first-order chi connectivity index (χ1) is 27.7. The van der Waals surface area contributed by atoms with Crippen LogP contribution in [0.15, 0.2) is 35.8 Å². The minimum atomic E-state index is -4.06. The Balaban J connectivity index is 0.000000407. The fraction of sp³-hybridized carbons (Fsp3) is 0.516. The molecule has 1 fully saturated rings. The molecule has 0 unspecified atom stereocenters. The lowest BCUT2D eigenvalue weighted by Gasteiger charge is -2.21.